The Balaban J connectivity index is 3.25. The topological polar surface area (TPSA) is 0 Å². The van der Waals surface area contributed by atoms with Crippen LogP contribution in [0.1, 0.15) is 36.5 Å². The van der Waals surface area contributed by atoms with Crippen LogP contribution in [0.2, 0.25) is 0 Å². The van der Waals surface area contributed by atoms with Crippen LogP contribution in [0, 0.1) is 6.08 Å². The lowest BCUT2D eigenvalue weighted by Crippen LogP contribution is -2.06. The van der Waals surface area contributed by atoms with Crippen molar-refractivity contribution in [2.75, 3.05) is 0 Å². The highest BCUT2D eigenvalue weighted by Crippen LogP contribution is 2.32. The summed E-state index contributed by atoms with van der Waals surface area (Å²) < 4.78 is 37.2. The fraction of sp³-hybridized carbons (Fsp3) is 0.333. The molecule has 0 aromatic heterocycles. The van der Waals surface area contributed by atoms with Gasteiger partial charge in [-0.05, 0) is 35.3 Å². The minimum Gasteiger partial charge on any atom is -0.166 e. The van der Waals surface area contributed by atoms with E-state index >= 15 is 0 Å². The fourth-order valence-corrected chi connectivity index (χ4v) is 1.39. The number of hydrogen-bond acceptors (Lipinski definition) is 0. The van der Waals surface area contributed by atoms with Gasteiger partial charge in [0.15, 0.2) is 0 Å². The van der Waals surface area contributed by atoms with E-state index < -0.39 is 11.7 Å². The number of alkyl halides is 3. The van der Waals surface area contributed by atoms with Gasteiger partial charge in [-0.15, -0.1) is 0 Å². The predicted octanol–water partition coefficient (Wildman–Crippen LogP) is 4.17. The van der Waals surface area contributed by atoms with E-state index in [9.17, 15) is 13.2 Å². The van der Waals surface area contributed by atoms with E-state index in [1.165, 1.54) is 6.07 Å². The second-order valence-corrected chi connectivity index (χ2v) is 3.63. The summed E-state index contributed by atoms with van der Waals surface area (Å²) in [5.41, 5.74) is 0.607. The van der Waals surface area contributed by atoms with Crippen molar-refractivity contribution in [2.24, 2.45) is 0 Å². The number of halogens is 3. The standard InChI is InChI=1S/C12H12F3/c1-4-9-7-10(12(13,14)15)5-6-11(9)8(2)3/h5-8H,1H2,2-3H3. The van der Waals surface area contributed by atoms with Crippen molar-refractivity contribution in [1.29, 1.82) is 0 Å². The number of hydrogen-bond donors (Lipinski definition) is 0. The zero-order valence-corrected chi connectivity index (χ0v) is 8.65. The van der Waals surface area contributed by atoms with Gasteiger partial charge in [0, 0.05) is 0 Å². The second-order valence-electron chi connectivity index (χ2n) is 3.63. The van der Waals surface area contributed by atoms with Gasteiger partial charge in [-0.1, -0.05) is 26.5 Å². The lowest BCUT2D eigenvalue weighted by molar-refractivity contribution is -0.137. The van der Waals surface area contributed by atoms with Crippen LogP contribution in [-0.4, -0.2) is 0 Å². The summed E-state index contributed by atoms with van der Waals surface area (Å²) in [6, 6.07) is 3.67. The van der Waals surface area contributed by atoms with Gasteiger partial charge in [0.25, 0.3) is 0 Å². The third-order valence-corrected chi connectivity index (χ3v) is 2.19. The molecule has 0 saturated heterocycles. The second kappa shape index (κ2) is 4.09. The van der Waals surface area contributed by atoms with Crippen LogP contribution in [0.5, 0.6) is 0 Å². The molecule has 0 nitrogen and oxygen atoms in total. The van der Waals surface area contributed by atoms with E-state index in [-0.39, 0.29) is 5.92 Å². The molecule has 15 heavy (non-hydrogen) atoms. The normalized spacial score (nSPS) is 11.9. The van der Waals surface area contributed by atoms with Gasteiger partial charge in [-0.25, -0.2) is 0 Å². The zero-order valence-electron chi connectivity index (χ0n) is 8.65. The van der Waals surface area contributed by atoms with Crippen molar-refractivity contribution in [2.45, 2.75) is 25.9 Å². The molecular formula is C12H12F3. The van der Waals surface area contributed by atoms with Crippen LogP contribution in [-0.2, 0) is 6.18 Å². The Morgan fingerprint density at radius 3 is 2.27 bits per heavy atom. The molecular weight excluding hydrogens is 201 g/mol. The Hall–Kier alpha value is -1.25. The molecule has 1 aromatic carbocycles. The lowest BCUT2D eigenvalue weighted by Gasteiger charge is -2.13. The minimum atomic E-state index is -4.30. The Morgan fingerprint density at radius 2 is 1.87 bits per heavy atom. The first-order chi connectivity index (χ1) is 6.86. The first-order valence-corrected chi connectivity index (χ1v) is 4.60. The molecule has 0 N–H and O–H groups in total. The molecule has 0 amide bonds. The Labute approximate surface area is 87.4 Å². The number of rotatable bonds is 2. The van der Waals surface area contributed by atoms with E-state index in [2.05, 4.69) is 12.7 Å². The van der Waals surface area contributed by atoms with Crippen LogP contribution in [0.4, 0.5) is 13.2 Å². The van der Waals surface area contributed by atoms with E-state index in [4.69, 9.17) is 0 Å². The van der Waals surface area contributed by atoms with E-state index in [0.717, 1.165) is 17.7 Å². The molecule has 0 unspecified atom stereocenters. The lowest BCUT2D eigenvalue weighted by atomic mass is 9.95. The quantitative estimate of drug-likeness (QED) is 0.691. The van der Waals surface area contributed by atoms with Crippen molar-refractivity contribution in [1.82, 2.24) is 0 Å². The van der Waals surface area contributed by atoms with Gasteiger partial charge >= 0.3 is 6.18 Å². The maximum absolute atomic E-state index is 12.4. The van der Waals surface area contributed by atoms with E-state index in [1.807, 2.05) is 13.8 Å². The average Bonchev–Trinajstić information content (AvgIpc) is 2.15. The zero-order chi connectivity index (χ0) is 11.6. The Kier molecular flexibility index (Phi) is 3.22. The molecule has 0 aliphatic carbocycles. The minimum absolute atomic E-state index is 0.163. The van der Waals surface area contributed by atoms with Gasteiger partial charge in [0.2, 0.25) is 0 Å². The maximum atomic E-state index is 12.4. The van der Waals surface area contributed by atoms with Gasteiger partial charge in [-0.2, -0.15) is 13.2 Å². The summed E-state index contributed by atoms with van der Waals surface area (Å²) in [6.45, 7) is 7.24. The summed E-state index contributed by atoms with van der Waals surface area (Å²) in [7, 11) is 0. The van der Waals surface area contributed by atoms with Crippen LogP contribution in [0.15, 0.2) is 24.8 Å². The third-order valence-electron chi connectivity index (χ3n) is 2.19. The fourth-order valence-electron chi connectivity index (χ4n) is 1.39. The number of benzene rings is 1. The molecule has 81 valence electrons. The molecule has 1 rings (SSSR count). The van der Waals surface area contributed by atoms with E-state index in [1.54, 1.807) is 0 Å². The predicted molar refractivity (Wildman–Crippen MR) is 53.5 cm³/mol. The molecule has 0 fully saturated rings. The monoisotopic (exact) mass is 213 g/mol. The maximum Gasteiger partial charge on any atom is 0.416 e. The van der Waals surface area contributed by atoms with Crippen molar-refractivity contribution in [3.8, 4) is 0 Å². The van der Waals surface area contributed by atoms with Gasteiger partial charge in [0.05, 0.1) is 5.56 Å². The largest absolute Gasteiger partial charge is 0.416 e. The highest BCUT2D eigenvalue weighted by atomic mass is 19.4. The highest BCUT2D eigenvalue weighted by molar-refractivity contribution is 5.38. The van der Waals surface area contributed by atoms with Gasteiger partial charge < -0.3 is 0 Å². The molecule has 1 radical (unpaired) electrons. The Bertz CT molecular complexity index is 362. The molecule has 1 aromatic rings. The summed E-state index contributed by atoms with van der Waals surface area (Å²) >= 11 is 0. The molecule has 3 heteroatoms. The molecule has 0 aliphatic heterocycles. The summed E-state index contributed by atoms with van der Waals surface area (Å²) in [5.74, 6) is 0.163. The van der Waals surface area contributed by atoms with Crippen LogP contribution < -0.4 is 0 Å². The summed E-state index contributed by atoms with van der Waals surface area (Å²) in [6.07, 6.45) is -1.77. The van der Waals surface area contributed by atoms with Crippen LogP contribution in [0.3, 0.4) is 0 Å². The van der Waals surface area contributed by atoms with Crippen LogP contribution in [0.25, 0.3) is 0 Å². The molecule has 0 atom stereocenters. The smallest absolute Gasteiger partial charge is 0.166 e. The highest BCUT2D eigenvalue weighted by Gasteiger charge is 2.30. The SMILES string of the molecule is C=[C]c1cc(C(F)(F)F)ccc1C(C)C. The summed E-state index contributed by atoms with van der Waals surface area (Å²) in [5, 5.41) is 0. The summed E-state index contributed by atoms with van der Waals surface area (Å²) in [4.78, 5) is 0. The average molecular weight is 213 g/mol. The third kappa shape index (κ3) is 2.61. The van der Waals surface area contributed by atoms with Crippen molar-refractivity contribution >= 4 is 0 Å². The molecule has 0 aliphatic rings. The van der Waals surface area contributed by atoms with Gasteiger partial charge in [-0.3, -0.25) is 0 Å². The Morgan fingerprint density at radius 1 is 1.27 bits per heavy atom. The van der Waals surface area contributed by atoms with Crippen LogP contribution >= 0.6 is 0 Å². The molecule has 0 bridgehead atoms. The van der Waals surface area contributed by atoms with E-state index in [0.29, 0.717) is 5.56 Å². The van der Waals surface area contributed by atoms with Gasteiger partial charge in [0.1, 0.15) is 0 Å². The van der Waals surface area contributed by atoms with Crippen molar-refractivity contribution < 1.29 is 13.2 Å². The first-order valence-electron chi connectivity index (χ1n) is 4.60. The molecule has 0 spiro atoms. The molecule has 0 saturated carbocycles. The molecule has 0 heterocycles. The van der Waals surface area contributed by atoms with Crippen molar-refractivity contribution in [3.05, 3.63) is 47.5 Å². The first kappa shape index (κ1) is 11.8. The van der Waals surface area contributed by atoms with Crippen molar-refractivity contribution in [3.63, 3.8) is 0 Å².